The summed E-state index contributed by atoms with van der Waals surface area (Å²) in [4.78, 5) is 0. The van der Waals surface area contributed by atoms with E-state index in [1.807, 2.05) is 0 Å². The predicted molar refractivity (Wildman–Crippen MR) is 169 cm³/mol. The van der Waals surface area contributed by atoms with Crippen LogP contribution in [0.2, 0.25) is 0 Å². The Bertz CT molecular complexity index is 633. The molecule has 0 aromatic rings. The van der Waals surface area contributed by atoms with Gasteiger partial charge in [0.05, 0.1) is 19.3 Å². The fourth-order valence-corrected chi connectivity index (χ4v) is 9.33. The van der Waals surface area contributed by atoms with E-state index in [2.05, 4.69) is 18.0 Å². The summed E-state index contributed by atoms with van der Waals surface area (Å²) in [6.07, 6.45) is 25.2. The van der Waals surface area contributed by atoms with E-state index < -0.39 is 22.2 Å². The van der Waals surface area contributed by atoms with Crippen LogP contribution in [0.15, 0.2) is 0 Å². The zero-order valence-electron chi connectivity index (χ0n) is 24.7. The lowest BCUT2D eigenvalue weighted by Gasteiger charge is -2.22. The van der Waals surface area contributed by atoms with Crippen molar-refractivity contribution < 1.29 is 26.2 Å². The molecular weight excluding hydrogens is 559 g/mol. The number of hydrogen-bond donors (Lipinski definition) is 1. The van der Waals surface area contributed by atoms with Gasteiger partial charge in [-0.1, -0.05) is 141 Å². The molecular formula is C28H59O6PS3. The van der Waals surface area contributed by atoms with Crippen molar-refractivity contribution in [1.82, 2.24) is 0 Å². The van der Waals surface area contributed by atoms with Gasteiger partial charge in [-0.25, -0.2) is 4.18 Å². The second kappa shape index (κ2) is 26.7. The summed E-state index contributed by atoms with van der Waals surface area (Å²) in [7, 11) is -4.45. The molecule has 6 nitrogen and oxygen atoms in total. The Balaban J connectivity index is 4.21. The van der Waals surface area contributed by atoms with Crippen LogP contribution in [-0.4, -0.2) is 38.0 Å². The Morgan fingerprint density at radius 3 is 1.37 bits per heavy atom. The van der Waals surface area contributed by atoms with E-state index in [-0.39, 0.29) is 0 Å². The number of rotatable bonds is 30. The zero-order chi connectivity index (χ0) is 28.4. The predicted octanol–water partition coefficient (Wildman–Crippen LogP) is 10.4. The van der Waals surface area contributed by atoms with Crippen LogP contribution in [0, 0.1) is 0 Å². The molecule has 0 saturated heterocycles. The maximum Gasteiger partial charge on any atom is 0.397 e. The van der Waals surface area contributed by atoms with Gasteiger partial charge in [0.2, 0.25) is 5.69 Å². The number of hydrogen-bond acceptors (Lipinski definition) is 7. The van der Waals surface area contributed by atoms with Gasteiger partial charge in [-0.05, 0) is 38.0 Å². The molecule has 10 heteroatoms. The summed E-state index contributed by atoms with van der Waals surface area (Å²) in [6.45, 7) is 7.34. The van der Waals surface area contributed by atoms with Gasteiger partial charge >= 0.3 is 10.4 Å². The lowest BCUT2D eigenvalue weighted by atomic mass is 10.1. The molecule has 0 saturated carbocycles. The second-order valence-electron chi connectivity index (χ2n) is 10.4. The Hall–Kier alpha value is 0.790. The van der Waals surface area contributed by atoms with Crippen molar-refractivity contribution in [3.05, 3.63) is 0 Å². The molecule has 0 fully saturated rings. The van der Waals surface area contributed by atoms with Gasteiger partial charge in [-0.3, -0.25) is 4.55 Å². The third-order valence-corrected chi connectivity index (χ3v) is 12.6. The fourth-order valence-electron chi connectivity index (χ4n) is 4.23. The van der Waals surface area contributed by atoms with Gasteiger partial charge in [-0.15, -0.1) is 0 Å². The van der Waals surface area contributed by atoms with Gasteiger partial charge in [0, 0.05) is 5.75 Å². The largest absolute Gasteiger partial charge is 0.397 e. The van der Waals surface area contributed by atoms with Gasteiger partial charge in [0.15, 0.2) is 0 Å². The number of unbranched alkanes of at least 4 members (excludes halogenated alkanes) is 18. The average molecular weight is 619 g/mol. The first-order chi connectivity index (χ1) is 18.2. The Morgan fingerprint density at radius 2 is 1.03 bits per heavy atom. The van der Waals surface area contributed by atoms with Crippen LogP contribution in [-0.2, 0) is 35.4 Å². The van der Waals surface area contributed by atoms with Crippen molar-refractivity contribution in [2.75, 3.05) is 19.0 Å². The van der Waals surface area contributed by atoms with Crippen molar-refractivity contribution in [2.24, 2.45) is 0 Å². The molecule has 0 aliphatic rings. The van der Waals surface area contributed by atoms with Gasteiger partial charge in [0.1, 0.15) is 0 Å². The van der Waals surface area contributed by atoms with E-state index in [1.54, 1.807) is 6.92 Å². The van der Waals surface area contributed by atoms with Crippen LogP contribution in [0.25, 0.3) is 0 Å². The second-order valence-corrected chi connectivity index (χ2v) is 17.9. The van der Waals surface area contributed by atoms with E-state index in [4.69, 9.17) is 25.4 Å². The Labute approximate surface area is 245 Å². The van der Waals surface area contributed by atoms with Crippen molar-refractivity contribution >= 4 is 39.3 Å². The highest BCUT2D eigenvalue weighted by Gasteiger charge is 2.21. The molecule has 0 aromatic carbocycles. The summed E-state index contributed by atoms with van der Waals surface area (Å²) >= 11 is 7.29. The molecule has 1 atom stereocenters. The molecule has 0 amide bonds. The summed E-state index contributed by atoms with van der Waals surface area (Å²) in [5.41, 5.74) is -2.50. The van der Waals surface area contributed by atoms with Crippen LogP contribution >= 0.6 is 17.1 Å². The first-order valence-corrected chi connectivity index (χ1v) is 21.0. The normalized spacial score (nSPS) is 13.3. The molecule has 1 unspecified atom stereocenters. The molecule has 0 aliphatic carbocycles. The minimum Gasteiger partial charge on any atom is -0.322 e. The molecule has 0 bridgehead atoms. The standard InChI is InChI=1S/C28H59O6PS3/c1-4-6-8-10-12-14-16-18-20-22-25-32-35(36,37-27-24-28(3)34-38(29,30)31)33-26-23-21-19-17-15-13-11-9-7-5-2/h28H,4-27H2,1-3H3,(H,29,30,31). The van der Waals surface area contributed by atoms with Crippen LogP contribution < -0.4 is 0 Å². The van der Waals surface area contributed by atoms with E-state index in [9.17, 15) is 8.42 Å². The van der Waals surface area contributed by atoms with Crippen LogP contribution in [0.4, 0.5) is 0 Å². The van der Waals surface area contributed by atoms with Crippen LogP contribution in [0.5, 0.6) is 0 Å². The molecule has 0 aliphatic heterocycles. The van der Waals surface area contributed by atoms with E-state index >= 15 is 0 Å². The molecule has 1 N–H and O–H groups in total. The highest BCUT2D eigenvalue weighted by atomic mass is 32.9. The SMILES string of the molecule is CCCCCCCCCCCCOP(=S)(OCCCCCCCCCCCC)SCCC(C)OS(=O)(=O)O. The van der Waals surface area contributed by atoms with Gasteiger partial charge in [-0.2, -0.15) is 8.42 Å². The van der Waals surface area contributed by atoms with E-state index in [0.717, 1.165) is 25.7 Å². The third kappa shape index (κ3) is 28.3. The van der Waals surface area contributed by atoms with E-state index in [1.165, 1.54) is 114 Å². The topological polar surface area (TPSA) is 82.1 Å². The highest BCUT2D eigenvalue weighted by molar-refractivity contribution is 8.67. The van der Waals surface area contributed by atoms with Crippen molar-refractivity contribution in [3.8, 4) is 0 Å². The summed E-state index contributed by atoms with van der Waals surface area (Å²) in [6, 6.07) is 0. The Kier molecular flexibility index (Phi) is 27.2. The van der Waals surface area contributed by atoms with Crippen molar-refractivity contribution in [3.63, 3.8) is 0 Å². The van der Waals surface area contributed by atoms with Gasteiger partial charge < -0.3 is 9.05 Å². The van der Waals surface area contributed by atoms with Crippen LogP contribution in [0.3, 0.4) is 0 Å². The quantitative estimate of drug-likeness (QED) is 0.0484. The first-order valence-electron chi connectivity index (χ1n) is 15.4. The third-order valence-electron chi connectivity index (χ3n) is 6.55. The van der Waals surface area contributed by atoms with Crippen molar-refractivity contribution in [2.45, 2.75) is 162 Å². The molecule has 0 heterocycles. The lowest BCUT2D eigenvalue weighted by molar-refractivity contribution is 0.195. The minimum atomic E-state index is -4.45. The molecule has 230 valence electrons. The van der Waals surface area contributed by atoms with Gasteiger partial charge in [0.25, 0.3) is 0 Å². The lowest BCUT2D eigenvalue weighted by Crippen LogP contribution is -2.15. The maximum absolute atomic E-state index is 10.9. The average Bonchev–Trinajstić information content (AvgIpc) is 2.85. The molecule has 0 rings (SSSR count). The molecule has 0 spiro atoms. The summed E-state index contributed by atoms with van der Waals surface area (Å²) in [5.74, 6) is 0.560. The monoisotopic (exact) mass is 618 g/mol. The molecule has 0 radical (unpaired) electrons. The van der Waals surface area contributed by atoms with E-state index in [0.29, 0.717) is 25.4 Å². The summed E-state index contributed by atoms with van der Waals surface area (Å²) < 4.78 is 47.6. The maximum atomic E-state index is 10.9. The van der Waals surface area contributed by atoms with Crippen LogP contribution in [0.1, 0.15) is 156 Å². The molecule has 0 aromatic heterocycles. The zero-order valence-corrected chi connectivity index (χ0v) is 28.1. The van der Waals surface area contributed by atoms with Crippen molar-refractivity contribution in [1.29, 1.82) is 0 Å². The summed E-state index contributed by atoms with van der Waals surface area (Å²) in [5, 5.41) is 0. The fraction of sp³-hybridized carbons (Fsp3) is 1.00. The minimum absolute atomic E-state index is 0.437. The Morgan fingerprint density at radius 1 is 0.684 bits per heavy atom. The smallest absolute Gasteiger partial charge is 0.322 e. The first kappa shape index (κ1) is 38.8. The molecule has 38 heavy (non-hydrogen) atoms. The highest BCUT2D eigenvalue weighted by Crippen LogP contribution is 2.61.